The molecule has 4 aromatic rings. The summed E-state index contributed by atoms with van der Waals surface area (Å²) in [6.07, 6.45) is 1.66. The Morgan fingerprint density at radius 1 is 0.963 bits per heavy atom. The number of aromatic amines is 2. The zero-order chi connectivity index (χ0) is 19.0. The number of ether oxygens (including phenoxy) is 3. The topological polar surface area (TPSA) is 85.1 Å². The molecule has 0 bridgehead atoms. The minimum Gasteiger partial charge on any atom is -0.493 e. The van der Waals surface area contributed by atoms with E-state index in [-0.39, 0.29) is 5.82 Å². The highest BCUT2D eigenvalue weighted by Crippen LogP contribution is 2.42. The number of imidazole rings is 1. The van der Waals surface area contributed by atoms with Crippen molar-refractivity contribution in [2.45, 2.75) is 0 Å². The van der Waals surface area contributed by atoms with Crippen LogP contribution in [0.1, 0.15) is 0 Å². The summed E-state index contributed by atoms with van der Waals surface area (Å²) in [7, 11) is 4.67. The molecule has 27 heavy (non-hydrogen) atoms. The molecule has 0 saturated carbocycles. The molecule has 0 spiro atoms. The number of methoxy groups -OCH3 is 3. The predicted octanol–water partition coefficient (Wildman–Crippen LogP) is 3.78. The van der Waals surface area contributed by atoms with Gasteiger partial charge in [0, 0.05) is 5.56 Å². The lowest BCUT2D eigenvalue weighted by Crippen LogP contribution is -1.96. The number of nitrogens with zero attached hydrogens (tertiary/aromatic N) is 2. The number of H-pyrrole nitrogens is 2. The monoisotopic (exact) mass is 368 g/mol. The second-order valence-electron chi connectivity index (χ2n) is 5.82. The van der Waals surface area contributed by atoms with Crippen molar-refractivity contribution in [2.75, 3.05) is 21.3 Å². The van der Waals surface area contributed by atoms with E-state index >= 15 is 0 Å². The summed E-state index contributed by atoms with van der Waals surface area (Å²) in [5, 5.41) is 7.12. The number of benzene rings is 2. The van der Waals surface area contributed by atoms with E-state index in [9.17, 15) is 4.39 Å². The number of hydrogen-bond acceptors (Lipinski definition) is 5. The summed E-state index contributed by atoms with van der Waals surface area (Å²) in [4.78, 5) is 7.66. The standard InChI is InChI=1S/C19H17FN4O3/c1-25-15-6-10(7-16(26-2)18(15)27-3)17-12(9-21-24-17)19-22-13-5-4-11(20)8-14(13)23-19/h4-9H,1-3H3,(H,21,24)(H,22,23). The molecule has 0 amide bonds. The van der Waals surface area contributed by atoms with Gasteiger partial charge >= 0.3 is 0 Å². The van der Waals surface area contributed by atoms with Crippen LogP contribution in [0.25, 0.3) is 33.7 Å². The van der Waals surface area contributed by atoms with Crippen molar-refractivity contribution >= 4 is 11.0 Å². The van der Waals surface area contributed by atoms with Gasteiger partial charge in [0.1, 0.15) is 11.6 Å². The molecule has 0 aliphatic carbocycles. The zero-order valence-corrected chi connectivity index (χ0v) is 15.0. The Labute approximate surface area is 154 Å². The number of nitrogens with one attached hydrogen (secondary N) is 2. The van der Waals surface area contributed by atoms with Crippen molar-refractivity contribution in [3.63, 3.8) is 0 Å². The van der Waals surface area contributed by atoms with E-state index in [1.807, 2.05) is 12.1 Å². The highest BCUT2D eigenvalue weighted by Gasteiger charge is 2.19. The fourth-order valence-electron chi connectivity index (χ4n) is 3.02. The minimum absolute atomic E-state index is 0.324. The minimum atomic E-state index is -0.324. The molecule has 8 heteroatoms. The third-order valence-corrected chi connectivity index (χ3v) is 4.29. The Hall–Kier alpha value is -3.55. The Morgan fingerprint density at radius 3 is 2.37 bits per heavy atom. The number of rotatable bonds is 5. The van der Waals surface area contributed by atoms with Crippen molar-refractivity contribution in [3.05, 3.63) is 42.3 Å². The predicted molar refractivity (Wildman–Crippen MR) is 98.7 cm³/mol. The smallest absolute Gasteiger partial charge is 0.203 e. The quantitative estimate of drug-likeness (QED) is 0.560. The van der Waals surface area contributed by atoms with Gasteiger partial charge in [0.25, 0.3) is 0 Å². The molecule has 138 valence electrons. The highest BCUT2D eigenvalue weighted by atomic mass is 19.1. The van der Waals surface area contributed by atoms with Gasteiger partial charge in [-0.25, -0.2) is 9.37 Å². The molecule has 7 nitrogen and oxygen atoms in total. The molecular formula is C19H17FN4O3. The number of fused-ring (bicyclic) bond motifs is 1. The molecule has 2 N–H and O–H groups in total. The van der Waals surface area contributed by atoms with Crippen molar-refractivity contribution in [2.24, 2.45) is 0 Å². The van der Waals surface area contributed by atoms with Crippen LogP contribution in [0.15, 0.2) is 36.5 Å². The molecule has 2 heterocycles. The maximum Gasteiger partial charge on any atom is 0.203 e. The summed E-state index contributed by atoms with van der Waals surface area (Å²) >= 11 is 0. The van der Waals surface area contributed by atoms with Gasteiger partial charge in [-0.05, 0) is 30.3 Å². The van der Waals surface area contributed by atoms with Gasteiger partial charge in [-0.15, -0.1) is 0 Å². The van der Waals surface area contributed by atoms with Crippen molar-refractivity contribution in [3.8, 4) is 39.9 Å². The number of halogens is 1. The summed E-state index contributed by atoms with van der Waals surface area (Å²) in [5.41, 5.74) is 3.52. The second-order valence-corrected chi connectivity index (χ2v) is 5.82. The fraction of sp³-hybridized carbons (Fsp3) is 0.158. The number of hydrogen-bond donors (Lipinski definition) is 2. The average molecular weight is 368 g/mol. The maximum absolute atomic E-state index is 13.5. The molecule has 2 aromatic heterocycles. The van der Waals surface area contributed by atoms with Crippen LogP contribution in [-0.4, -0.2) is 41.5 Å². The Morgan fingerprint density at radius 2 is 1.70 bits per heavy atom. The average Bonchev–Trinajstić information content (AvgIpc) is 3.32. The first-order chi connectivity index (χ1) is 13.1. The largest absolute Gasteiger partial charge is 0.493 e. The Kier molecular flexibility index (Phi) is 4.15. The van der Waals surface area contributed by atoms with Crippen LogP contribution in [-0.2, 0) is 0 Å². The zero-order valence-electron chi connectivity index (χ0n) is 15.0. The normalized spacial score (nSPS) is 11.0. The van der Waals surface area contributed by atoms with E-state index in [1.165, 1.54) is 12.1 Å². The van der Waals surface area contributed by atoms with E-state index in [1.54, 1.807) is 33.6 Å². The SMILES string of the molecule is COc1cc(-c2[nH]ncc2-c2nc3ccc(F)cc3[nH]2)cc(OC)c1OC. The summed E-state index contributed by atoms with van der Waals surface area (Å²) in [6.45, 7) is 0. The lowest BCUT2D eigenvalue weighted by Gasteiger charge is -2.14. The highest BCUT2D eigenvalue weighted by molar-refractivity contribution is 5.85. The first kappa shape index (κ1) is 16.9. The van der Waals surface area contributed by atoms with Crippen LogP contribution in [0.2, 0.25) is 0 Å². The van der Waals surface area contributed by atoms with Crippen molar-refractivity contribution in [1.82, 2.24) is 20.2 Å². The lowest BCUT2D eigenvalue weighted by molar-refractivity contribution is 0.324. The molecule has 0 saturated heterocycles. The van der Waals surface area contributed by atoms with Crippen LogP contribution in [0.4, 0.5) is 4.39 Å². The van der Waals surface area contributed by atoms with Gasteiger partial charge < -0.3 is 19.2 Å². The lowest BCUT2D eigenvalue weighted by atomic mass is 10.1. The summed E-state index contributed by atoms with van der Waals surface area (Å²) < 4.78 is 29.7. The fourth-order valence-corrected chi connectivity index (χ4v) is 3.02. The van der Waals surface area contributed by atoms with E-state index in [0.717, 1.165) is 11.1 Å². The third-order valence-electron chi connectivity index (χ3n) is 4.29. The Balaban J connectivity index is 1.86. The summed E-state index contributed by atoms with van der Waals surface area (Å²) in [6, 6.07) is 8.05. The van der Waals surface area contributed by atoms with E-state index < -0.39 is 0 Å². The van der Waals surface area contributed by atoms with Gasteiger partial charge in [-0.1, -0.05) is 0 Å². The summed E-state index contributed by atoms with van der Waals surface area (Å²) in [5.74, 6) is 1.81. The van der Waals surface area contributed by atoms with Crippen molar-refractivity contribution in [1.29, 1.82) is 0 Å². The third kappa shape index (κ3) is 2.84. The first-order valence-electron chi connectivity index (χ1n) is 8.14. The van der Waals surface area contributed by atoms with Crippen LogP contribution >= 0.6 is 0 Å². The van der Waals surface area contributed by atoms with Gasteiger partial charge in [0.15, 0.2) is 11.5 Å². The van der Waals surface area contributed by atoms with Gasteiger partial charge in [0.2, 0.25) is 5.75 Å². The molecule has 4 rings (SSSR count). The van der Waals surface area contributed by atoms with Crippen LogP contribution in [0.3, 0.4) is 0 Å². The van der Waals surface area contributed by atoms with Crippen LogP contribution < -0.4 is 14.2 Å². The molecule has 0 aliphatic rings. The molecule has 0 unspecified atom stereocenters. The first-order valence-corrected chi connectivity index (χ1v) is 8.14. The van der Waals surface area contributed by atoms with Gasteiger partial charge in [0.05, 0.1) is 49.8 Å². The van der Waals surface area contributed by atoms with E-state index in [2.05, 4.69) is 20.2 Å². The maximum atomic E-state index is 13.5. The van der Waals surface area contributed by atoms with E-state index in [4.69, 9.17) is 14.2 Å². The molecule has 2 aromatic carbocycles. The second kappa shape index (κ2) is 6.64. The molecule has 0 fully saturated rings. The van der Waals surface area contributed by atoms with E-state index in [0.29, 0.717) is 39.8 Å². The van der Waals surface area contributed by atoms with Crippen LogP contribution in [0.5, 0.6) is 17.2 Å². The van der Waals surface area contributed by atoms with Crippen LogP contribution in [0, 0.1) is 5.82 Å². The molecular weight excluding hydrogens is 351 g/mol. The molecule has 0 radical (unpaired) electrons. The van der Waals surface area contributed by atoms with Gasteiger partial charge in [-0.3, -0.25) is 5.10 Å². The van der Waals surface area contributed by atoms with Gasteiger partial charge in [-0.2, -0.15) is 5.10 Å². The number of aromatic nitrogens is 4. The van der Waals surface area contributed by atoms with Crippen molar-refractivity contribution < 1.29 is 18.6 Å². The molecule has 0 aliphatic heterocycles. The Bertz CT molecular complexity index is 1090. The molecule has 0 atom stereocenters.